The van der Waals surface area contributed by atoms with Crippen molar-refractivity contribution < 1.29 is 9.47 Å². The number of hydrogen-bond acceptors (Lipinski definition) is 3. The fourth-order valence-electron chi connectivity index (χ4n) is 1.76. The Morgan fingerprint density at radius 2 is 2.11 bits per heavy atom. The highest BCUT2D eigenvalue weighted by molar-refractivity contribution is 6.30. The first kappa shape index (κ1) is 15.4. The van der Waals surface area contributed by atoms with Gasteiger partial charge in [-0.25, -0.2) is 0 Å². The van der Waals surface area contributed by atoms with Crippen LogP contribution in [0.5, 0.6) is 11.5 Å². The maximum Gasteiger partial charge on any atom is 0.165 e. The van der Waals surface area contributed by atoms with E-state index in [2.05, 4.69) is 5.32 Å². The summed E-state index contributed by atoms with van der Waals surface area (Å²) in [6, 6.07) is 4.38. The third kappa shape index (κ3) is 3.94. The minimum atomic E-state index is 0. The van der Waals surface area contributed by atoms with Gasteiger partial charge in [0.15, 0.2) is 11.5 Å². The zero-order valence-corrected chi connectivity index (χ0v) is 12.2. The van der Waals surface area contributed by atoms with Gasteiger partial charge in [0.1, 0.15) is 0 Å². The molecule has 1 aromatic carbocycles. The first-order valence-corrected chi connectivity index (χ1v) is 6.35. The smallest absolute Gasteiger partial charge is 0.165 e. The van der Waals surface area contributed by atoms with Gasteiger partial charge in [0.2, 0.25) is 0 Å². The van der Waals surface area contributed by atoms with Gasteiger partial charge in [-0.1, -0.05) is 11.6 Å². The minimum absolute atomic E-state index is 0. The van der Waals surface area contributed by atoms with Crippen molar-refractivity contribution in [3.8, 4) is 11.5 Å². The number of nitrogens with one attached hydrogen (secondary N) is 1. The normalized spacial score (nSPS) is 13.9. The van der Waals surface area contributed by atoms with E-state index in [1.165, 1.54) is 12.8 Å². The van der Waals surface area contributed by atoms with E-state index in [0.717, 1.165) is 17.9 Å². The van der Waals surface area contributed by atoms with Crippen LogP contribution in [0.25, 0.3) is 0 Å². The summed E-state index contributed by atoms with van der Waals surface area (Å²) in [6.45, 7) is 3.36. The fraction of sp³-hybridized carbons (Fsp3) is 0.538. The lowest BCUT2D eigenvalue weighted by Gasteiger charge is -2.15. The minimum Gasteiger partial charge on any atom is -0.493 e. The average molecular weight is 292 g/mol. The van der Waals surface area contributed by atoms with Crippen molar-refractivity contribution in [1.29, 1.82) is 0 Å². The number of benzene rings is 1. The van der Waals surface area contributed by atoms with Crippen molar-refractivity contribution in [2.75, 3.05) is 13.7 Å². The Hall–Kier alpha value is -0.640. The Morgan fingerprint density at radius 1 is 1.39 bits per heavy atom. The molecule has 3 nitrogen and oxygen atoms in total. The Labute approximate surface area is 119 Å². The summed E-state index contributed by atoms with van der Waals surface area (Å²) in [5, 5.41) is 4.13. The predicted molar refractivity (Wildman–Crippen MR) is 76.3 cm³/mol. The maximum absolute atomic E-state index is 6.07. The van der Waals surface area contributed by atoms with Crippen molar-refractivity contribution >= 4 is 24.0 Å². The molecule has 0 spiro atoms. The van der Waals surface area contributed by atoms with E-state index in [0.29, 0.717) is 23.4 Å². The van der Waals surface area contributed by atoms with Crippen molar-refractivity contribution in [2.24, 2.45) is 0 Å². The summed E-state index contributed by atoms with van der Waals surface area (Å²) in [7, 11) is 1.63. The van der Waals surface area contributed by atoms with Gasteiger partial charge in [-0.15, -0.1) is 12.4 Å². The molecule has 0 unspecified atom stereocenters. The molecule has 2 rings (SSSR count). The Kier molecular flexibility index (Phi) is 6.06. The molecule has 1 saturated carbocycles. The average Bonchev–Trinajstić information content (AvgIpc) is 3.13. The van der Waals surface area contributed by atoms with Gasteiger partial charge in [-0.3, -0.25) is 0 Å². The second-order valence-electron chi connectivity index (χ2n) is 4.18. The predicted octanol–water partition coefficient (Wildman–Crippen LogP) is 3.42. The molecule has 1 aliphatic carbocycles. The van der Waals surface area contributed by atoms with Crippen LogP contribution in [0.3, 0.4) is 0 Å². The number of hydrogen-bond donors (Lipinski definition) is 1. The standard InChI is InChI=1S/C13H18ClNO2.ClH/c1-3-17-13-9(8-15-11-4-5-11)6-10(14)7-12(13)16-2;/h6-7,11,15H,3-5,8H2,1-2H3;1H. The molecular weight excluding hydrogens is 273 g/mol. The zero-order valence-electron chi connectivity index (χ0n) is 10.7. The van der Waals surface area contributed by atoms with E-state index in [4.69, 9.17) is 21.1 Å². The molecular formula is C13H19Cl2NO2. The second kappa shape index (κ2) is 7.07. The van der Waals surface area contributed by atoms with Crippen LogP contribution in [0.1, 0.15) is 25.3 Å². The van der Waals surface area contributed by atoms with Crippen LogP contribution in [0.15, 0.2) is 12.1 Å². The molecule has 1 aliphatic rings. The summed E-state index contributed by atoms with van der Waals surface area (Å²) in [6.07, 6.45) is 2.53. The molecule has 1 N–H and O–H groups in total. The highest BCUT2D eigenvalue weighted by Crippen LogP contribution is 2.35. The Morgan fingerprint density at radius 3 is 2.67 bits per heavy atom. The van der Waals surface area contributed by atoms with E-state index in [1.807, 2.05) is 13.0 Å². The van der Waals surface area contributed by atoms with E-state index in [9.17, 15) is 0 Å². The topological polar surface area (TPSA) is 30.5 Å². The van der Waals surface area contributed by atoms with E-state index in [-0.39, 0.29) is 12.4 Å². The summed E-state index contributed by atoms with van der Waals surface area (Å²) in [4.78, 5) is 0. The summed E-state index contributed by atoms with van der Waals surface area (Å²) >= 11 is 6.07. The quantitative estimate of drug-likeness (QED) is 0.871. The highest BCUT2D eigenvalue weighted by atomic mass is 35.5. The van der Waals surface area contributed by atoms with Crippen molar-refractivity contribution in [1.82, 2.24) is 5.32 Å². The number of halogens is 2. The van der Waals surface area contributed by atoms with Crippen LogP contribution in [-0.2, 0) is 6.54 Å². The lowest BCUT2D eigenvalue weighted by Crippen LogP contribution is -2.16. The molecule has 0 aromatic heterocycles. The molecule has 0 aliphatic heterocycles. The lowest BCUT2D eigenvalue weighted by molar-refractivity contribution is 0.306. The van der Waals surface area contributed by atoms with Gasteiger partial charge < -0.3 is 14.8 Å². The van der Waals surface area contributed by atoms with Gasteiger partial charge >= 0.3 is 0 Å². The molecule has 1 fully saturated rings. The Bertz CT molecular complexity index is 395. The van der Waals surface area contributed by atoms with Crippen LogP contribution in [0, 0.1) is 0 Å². The van der Waals surface area contributed by atoms with Crippen molar-refractivity contribution in [3.63, 3.8) is 0 Å². The summed E-state index contributed by atoms with van der Waals surface area (Å²) < 4.78 is 10.9. The van der Waals surface area contributed by atoms with Gasteiger partial charge in [0.05, 0.1) is 13.7 Å². The monoisotopic (exact) mass is 291 g/mol. The SMILES string of the molecule is CCOc1c(CNC2CC2)cc(Cl)cc1OC.Cl. The van der Waals surface area contributed by atoms with Crippen molar-refractivity contribution in [3.05, 3.63) is 22.7 Å². The third-order valence-electron chi connectivity index (χ3n) is 2.76. The van der Waals surface area contributed by atoms with Gasteiger partial charge in [0, 0.05) is 29.2 Å². The molecule has 0 radical (unpaired) electrons. The lowest BCUT2D eigenvalue weighted by atomic mass is 10.2. The van der Waals surface area contributed by atoms with Crippen LogP contribution >= 0.6 is 24.0 Å². The first-order valence-electron chi connectivity index (χ1n) is 5.97. The molecule has 0 saturated heterocycles. The Balaban J connectivity index is 0.00000162. The number of ether oxygens (including phenoxy) is 2. The van der Waals surface area contributed by atoms with Gasteiger partial charge in [0.25, 0.3) is 0 Å². The van der Waals surface area contributed by atoms with Gasteiger partial charge in [-0.05, 0) is 25.8 Å². The van der Waals surface area contributed by atoms with Crippen LogP contribution in [0.4, 0.5) is 0 Å². The van der Waals surface area contributed by atoms with E-state index >= 15 is 0 Å². The zero-order chi connectivity index (χ0) is 12.3. The van der Waals surface area contributed by atoms with Crippen LogP contribution in [0.2, 0.25) is 5.02 Å². The third-order valence-corrected chi connectivity index (χ3v) is 2.98. The molecule has 0 amide bonds. The molecule has 5 heteroatoms. The highest BCUT2D eigenvalue weighted by Gasteiger charge is 2.21. The summed E-state index contributed by atoms with van der Waals surface area (Å²) in [5.41, 5.74) is 1.06. The number of methoxy groups -OCH3 is 1. The molecule has 1 aromatic rings. The molecule has 18 heavy (non-hydrogen) atoms. The molecule has 0 atom stereocenters. The fourth-order valence-corrected chi connectivity index (χ4v) is 1.99. The van der Waals surface area contributed by atoms with Crippen LogP contribution < -0.4 is 14.8 Å². The maximum atomic E-state index is 6.07. The first-order chi connectivity index (χ1) is 8.24. The number of rotatable bonds is 6. The van der Waals surface area contributed by atoms with E-state index < -0.39 is 0 Å². The van der Waals surface area contributed by atoms with Crippen molar-refractivity contribution in [2.45, 2.75) is 32.4 Å². The van der Waals surface area contributed by atoms with Crippen LogP contribution in [-0.4, -0.2) is 19.8 Å². The molecule has 0 heterocycles. The molecule has 102 valence electrons. The summed E-state index contributed by atoms with van der Waals surface area (Å²) in [5.74, 6) is 1.50. The van der Waals surface area contributed by atoms with Gasteiger partial charge in [-0.2, -0.15) is 0 Å². The largest absolute Gasteiger partial charge is 0.493 e. The van der Waals surface area contributed by atoms with E-state index in [1.54, 1.807) is 13.2 Å². The second-order valence-corrected chi connectivity index (χ2v) is 4.62. The molecule has 0 bridgehead atoms.